The van der Waals surface area contributed by atoms with Gasteiger partial charge in [0, 0.05) is 13.0 Å². The molecule has 2 aromatic carbocycles. The fourth-order valence-corrected chi connectivity index (χ4v) is 4.38. The summed E-state index contributed by atoms with van der Waals surface area (Å²) in [5, 5.41) is 14.6. The van der Waals surface area contributed by atoms with Crippen LogP contribution in [0.4, 0.5) is 4.79 Å². The minimum absolute atomic E-state index is 0.0499. The third kappa shape index (κ3) is 4.71. The predicted molar refractivity (Wildman–Crippen MR) is 121 cm³/mol. The molecule has 2 aromatic rings. The number of aliphatic carboxylic acids is 1. The number of ether oxygens (including phenoxy) is 2. The number of hydrogen-bond acceptors (Lipinski definition) is 5. The number of hydrogen-bond donors (Lipinski definition) is 3. The molecule has 1 fully saturated rings. The van der Waals surface area contributed by atoms with Gasteiger partial charge in [-0.15, -0.1) is 0 Å². The Morgan fingerprint density at radius 1 is 1.06 bits per heavy atom. The molecule has 8 heteroatoms. The molecule has 0 aliphatic heterocycles. The van der Waals surface area contributed by atoms with Crippen LogP contribution in [-0.4, -0.2) is 55.0 Å². The van der Waals surface area contributed by atoms with Gasteiger partial charge in [-0.3, -0.25) is 4.79 Å². The number of amides is 2. The van der Waals surface area contributed by atoms with Gasteiger partial charge in [0.15, 0.2) is 5.54 Å². The van der Waals surface area contributed by atoms with Gasteiger partial charge in [-0.05, 0) is 47.9 Å². The zero-order valence-electron chi connectivity index (χ0n) is 18.7. The third-order valence-corrected chi connectivity index (χ3v) is 6.30. The highest BCUT2D eigenvalue weighted by Crippen LogP contribution is 2.44. The molecule has 0 aromatic heterocycles. The van der Waals surface area contributed by atoms with Gasteiger partial charge in [-0.2, -0.15) is 0 Å². The number of carboxylic acids is 1. The smallest absolute Gasteiger partial charge is 0.407 e. The van der Waals surface area contributed by atoms with Crippen molar-refractivity contribution in [2.24, 2.45) is 5.92 Å². The number of methoxy groups -OCH3 is 1. The summed E-state index contributed by atoms with van der Waals surface area (Å²) in [6.45, 7) is 1.31. The summed E-state index contributed by atoms with van der Waals surface area (Å²) in [5.41, 5.74) is 2.85. The van der Waals surface area contributed by atoms with Gasteiger partial charge in [0.2, 0.25) is 5.91 Å². The number of nitrogens with one attached hydrogen (secondary N) is 2. The molecular weight excluding hydrogens is 424 g/mol. The van der Waals surface area contributed by atoms with Gasteiger partial charge < -0.3 is 25.2 Å². The van der Waals surface area contributed by atoms with E-state index in [0.29, 0.717) is 0 Å². The Morgan fingerprint density at radius 3 is 2.15 bits per heavy atom. The lowest BCUT2D eigenvalue weighted by Crippen LogP contribution is -2.60. The van der Waals surface area contributed by atoms with Crippen LogP contribution in [-0.2, 0) is 19.1 Å². The summed E-state index contributed by atoms with van der Waals surface area (Å²) in [6.07, 6.45) is 0.846. The van der Waals surface area contributed by atoms with Crippen molar-refractivity contribution in [3.63, 3.8) is 0 Å². The first-order valence-electron chi connectivity index (χ1n) is 11.0. The Bertz CT molecular complexity index is 1020. The Hall–Kier alpha value is -3.39. The highest BCUT2D eigenvalue weighted by molar-refractivity contribution is 5.91. The molecule has 0 bridgehead atoms. The molecule has 1 saturated carbocycles. The van der Waals surface area contributed by atoms with Gasteiger partial charge in [0.1, 0.15) is 12.6 Å². The molecule has 2 aliphatic rings. The first-order valence-corrected chi connectivity index (χ1v) is 11.0. The molecule has 2 amide bonds. The minimum atomic E-state index is -1.60. The second-order valence-electron chi connectivity index (χ2n) is 8.84. The average Bonchev–Trinajstić information content (AvgIpc) is 3.58. The summed E-state index contributed by atoms with van der Waals surface area (Å²) in [5.74, 6) is -1.92. The highest BCUT2D eigenvalue weighted by Gasteiger charge is 2.42. The molecule has 2 aliphatic carbocycles. The van der Waals surface area contributed by atoms with E-state index in [4.69, 9.17) is 9.47 Å². The molecule has 3 N–H and O–H groups in total. The monoisotopic (exact) mass is 452 g/mol. The summed E-state index contributed by atoms with van der Waals surface area (Å²) < 4.78 is 10.5. The van der Waals surface area contributed by atoms with Gasteiger partial charge >= 0.3 is 12.1 Å². The largest absolute Gasteiger partial charge is 0.479 e. The molecule has 2 unspecified atom stereocenters. The van der Waals surface area contributed by atoms with Crippen molar-refractivity contribution in [2.45, 2.75) is 37.3 Å². The van der Waals surface area contributed by atoms with Crippen LogP contribution in [0.5, 0.6) is 0 Å². The number of alkyl carbamates (subject to hydrolysis) is 1. The maximum atomic E-state index is 12.8. The van der Waals surface area contributed by atoms with Crippen LogP contribution in [0.15, 0.2) is 48.5 Å². The zero-order chi connectivity index (χ0) is 23.6. The Kier molecular flexibility index (Phi) is 6.37. The normalized spacial score (nSPS) is 17.3. The van der Waals surface area contributed by atoms with E-state index in [-0.39, 0.29) is 25.0 Å². The lowest BCUT2D eigenvalue weighted by atomic mass is 9.98. The van der Waals surface area contributed by atoms with E-state index in [1.807, 2.05) is 36.4 Å². The number of carboxylic acid groups (broad SMARTS) is 1. The highest BCUT2D eigenvalue weighted by atomic mass is 16.5. The van der Waals surface area contributed by atoms with Crippen molar-refractivity contribution < 1.29 is 29.0 Å². The molecule has 4 rings (SSSR count). The maximum Gasteiger partial charge on any atom is 0.407 e. The van der Waals surface area contributed by atoms with E-state index >= 15 is 0 Å². The number of carbonyl (C=O) groups is 3. The Balaban J connectivity index is 1.42. The zero-order valence-corrected chi connectivity index (χ0v) is 18.7. The minimum Gasteiger partial charge on any atom is -0.479 e. The Labute approximate surface area is 192 Å². The van der Waals surface area contributed by atoms with E-state index in [1.165, 1.54) is 14.0 Å². The van der Waals surface area contributed by atoms with E-state index < -0.39 is 29.6 Å². The van der Waals surface area contributed by atoms with Gasteiger partial charge in [-0.25, -0.2) is 9.59 Å². The molecule has 0 heterocycles. The molecule has 2 atom stereocenters. The number of benzene rings is 2. The standard InChI is InChI=1S/C25H28N2O6/c1-25(14-32-2,23(29)30)27-22(28)21(15-11-12-15)26-24(31)33-13-20-18-9-5-3-7-16(18)17-8-4-6-10-19(17)20/h3-10,15,20-21H,11-14H2,1-2H3,(H,26,31)(H,27,28)(H,29,30). The van der Waals surface area contributed by atoms with Crippen molar-refractivity contribution in [3.05, 3.63) is 59.7 Å². The SMILES string of the molecule is COCC(C)(NC(=O)C(NC(=O)OCC1c2ccccc2-c2ccccc21)C1CC1)C(=O)O. The first kappa shape index (κ1) is 22.8. The summed E-state index contributed by atoms with van der Waals surface area (Å²) in [6, 6.07) is 15.2. The fourth-order valence-electron chi connectivity index (χ4n) is 4.38. The molecule has 174 valence electrons. The second-order valence-corrected chi connectivity index (χ2v) is 8.84. The van der Waals surface area contributed by atoms with E-state index in [9.17, 15) is 19.5 Å². The lowest BCUT2D eigenvalue weighted by molar-refractivity contribution is -0.149. The first-order chi connectivity index (χ1) is 15.8. The van der Waals surface area contributed by atoms with Crippen LogP contribution in [0.1, 0.15) is 36.8 Å². The average molecular weight is 453 g/mol. The number of fused-ring (bicyclic) bond motifs is 3. The summed E-state index contributed by atoms with van der Waals surface area (Å²) >= 11 is 0. The van der Waals surface area contributed by atoms with Crippen LogP contribution in [0.2, 0.25) is 0 Å². The molecule has 0 spiro atoms. The van der Waals surface area contributed by atoms with Gasteiger partial charge in [0.05, 0.1) is 6.61 Å². The number of rotatable bonds is 9. The molecular formula is C25H28N2O6. The van der Waals surface area contributed by atoms with Crippen molar-refractivity contribution in [1.29, 1.82) is 0 Å². The molecule has 0 radical (unpaired) electrons. The number of carbonyl (C=O) groups excluding carboxylic acids is 2. The van der Waals surface area contributed by atoms with E-state index in [2.05, 4.69) is 22.8 Å². The van der Waals surface area contributed by atoms with E-state index in [0.717, 1.165) is 35.1 Å². The maximum absolute atomic E-state index is 12.8. The quantitative estimate of drug-likeness (QED) is 0.539. The van der Waals surface area contributed by atoms with Gasteiger partial charge in [0.25, 0.3) is 0 Å². The van der Waals surface area contributed by atoms with Crippen LogP contribution in [0.3, 0.4) is 0 Å². The lowest BCUT2D eigenvalue weighted by Gasteiger charge is -2.28. The molecule has 0 saturated heterocycles. The summed E-state index contributed by atoms with van der Waals surface area (Å²) in [7, 11) is 1.36. The predicted octanol–water partition coefficient (Wildman–Crippen LogP) is 2.91. The molecule has 8 nitrogen and oxygen atoms in total. The van der Waals surface area contributed by atoms with E-state index in [1.54, 1.807) is 0 Å². The Morgan fingerprint density at radius 2 is 1.64 bits per heavy atom. The van der Waals surface area contributed by atoms with Crippen molar-refractivity contribution in [1.82, 2.24) is 10.6 Å². The summed E-state index contributed by atoms with van der Waals surface area (Å²) in [4.78, 5) is 37.1. The van der Waals surface area contributed by atoms with Crippen molar-refractivity contribution in [2.75, 3.05) is 20.3 Å². The fraction of sp³-hybridized carbons (Fsp3) is 0.400. The van der Waals surface area contributed by atoms with Crippen molar-refractivity contribution in [3.8, 4) is 11.1 Å². The van der Waals surface area contributed by atoms with Crippen LogP contribution < -0.4 is 10.6 Å². The topological polar surface area (TPSA) is 114 Å². The van der Waals surface area contributed by atoms with Crippen LogP contribution in [0.25, 0.3) is 11.1 Å². The third-order valence-electron chi connectivity index (χ3n) is 6.30. The van der Waals surface area contributed by atoms with Crippen molar-refractivity contribution >= 4 is 18.0 Å². The second kappa shape index (κ2) is 9.23. The molecule has 33 heavy (non-hydrogen) atoms. The van der Waals surface area contributed by atoms with Crippen LogP contribution in [0, 0.1) is 5.92 Å². The van der Waals surface area contributed by atoms with Gasteiger partial charge in [-0.1, -0.05) is 48.5 Å². The van der Waals surface area contributed by atoms with Crippen LogP contribution >= 0.6 is 0 Å².